The first-order chi connectivity index (χ1) is 8.25. The second-order valence-electron chi connectivity index (χ2n) is 5.63. The van der Waals surface area contributed by atoms with Crippen molar-refractivity contribution in [2.24, 2.45) is 5.41 Å². The largest absolute Gasteiger partial charge is 0.342 e. The highest BCUT2D eigenvalue weighted by atomic mass is 16.2. The second-order valence-corrected chi connectivity index (χ2v) is 5.63. The molecule has 0 radical (unpaired) electrons. The quantitative estimate of drug-likeness (QED) is 0.451. The smallest absolute Gasteiger partial charge is 0.228 e. The molecular weight excluding hydrogens is 227 g/mol. The van der Waals surface area contributed by atoms with Crippen LogP contribution in [0.2, 0.25) is 5.31 Å². The van der Waals surface area contributed by atoms with Gasteiger partial charge in [0.05, 0.1) is 16.3 Å². The van der Waals surface area contributed by atoms with Crippen LogP contribution in [-0.2, 0) is 9.59 Å². The van der Waals surface area contributed by atoms with Gasteiger partial charge in [-0.25, -0.2) is 0 Å². The van der Waals surface area contributed by atoms with Gasteiger partial charge in [-0.2, -0.15) is 5.26 Å². The third-order valence-electron chi connectivity index (χ3n) is 3.96. The number of ketones is 1. The topological polar surface area (TPSA) is 61.2 Å². The fourth-order valence-corrected chi connectivity index (χ4v) is 2.97. The molecule has 92 valence electrons. The molecule has 0 aromatic rings. The van der Waals surface area contributed by atoms with Crippen molar-refractivity contribution in [1.29, 1.82) is 5.26 Å². The third kappa shape index (κ3) is 1.38. The summed E-state index contributed by atoms with van der Waals surface area (Å²) in [6, 6.07) is 1.92. The molecule has 0 saturated carbocycles. The summed E-state index contributed by atoms with van der Waals surface area (Å²) in [6.45, 7) is 4.07. The normalized spacial score (nSPS) is 30.2. The number of carbonyl (C=O) groups excluding carboxylic acids is 2. The predicted molar refractivity (Wildman–Crippen MR) is 69.4 cm³/mol. The highest BCUT2D eigenvalue weighted by Crippen LogP contribution is 2.52. The molecule has 2 rings (SSSR count). The van der Waals surface area contributed by atoms with E-state index < -0.39 is 10.7 Å². The number of amides is 1. The van der Waals surface area contributed by atoms with Crippen LogP contribution in [0.5, 0.6) is 0 Å². The van der Waals surface area contributed by atoms with Crippen molar-refractivity contribution in [2.45, 2.75) is 19.2 Å². The van der Waals surface area contributed by atoms with Gasteiger partial charge >= 0.3 is 0 Å². The number of Topliss-reactive ketones (excluding diaryl/α,β-unsaturated/α-hetero) is 1. The van der Waals surface area contributed by atoms with Gasteiger partial charge in [-0.05, 0) is 19.4 Å². The number of hydrogen-bond donors (Lipinski definition) is 0. The maximum absolute atomic E-state index is 12.4. The average Bonchev–Trinajstić information content (AvgIpc) is 2.31. The van der Waals surface area contributed by atoms with Crippen molar-refractivity contribution in [1.82, 2.24) is 4.90 Å². The van der Waals surface area contributed by atoms with E-state index in [0.717, 1.165) is 5.57 Å². The summed E-state index contributed by atoms with van der Waals surface area (Å²) in [7, 11) is 3.51. The van der Waals surface area contributed by atoms with E-state index in [9.17, 15) is 9.59 Å². The number of rotatable bonds is 0. The Hall–Kier alpha value is -1.83. The zero-order chi connectivity index (χ0) is 13.7. The Kier molecular flexibility index (Phi) is 2.51. The molecule has 2 aliphatic rings. The van der Waals surface area contributed by atoms with E-state index in [1.807, 2.05) is 12.1 Å². The third-order valence-corrected chi connectivity index (χ3v) is 3.96. The molecule has 0 bridgehead atoms. The fraction of sp³-hybridized carbons (Fsp3) is 0.462. The van der Waals surface area contributed by atoms with Crippen LogP contribution in [0.1, 0.15) is 13.8 Å². The van der Waals surface area contributed by atoms with Crippen LogP contribution in [0.4, 0.5) is 0 Å². The number of nitriles is 1. The summed E-state index contributed by atoms with van der Waals surface area (Å²) in [6.07, 6.45) is 3.45. The van der Waals surface area contributed by atoms with E-state index in [4.69, 9.17) is 5.26 Å². The van der Waals surface area contributed by atoms with Gasteiger partial charge in [0, 0.05) is 13.6 Å². The van der Waals surface area contributed by atoms with Gasteiger partial charge < -0.3 is 4.90 Å². The minimum Gasteiger partial charge on any atom is -0.342 e. The van der Waals surface area contributed by atoms with E-state index in [1.165, 1.54) is 6.08 Å². The van der Waals surface area contributed by atoms with Crippen LogP contribution in [0.15, 0.2) is 23.3 Å². The lowest BCUT2D eigenvalue weighted by molar-refractivity contribution is -0.132. The van der Waals surface area contributed by atoms with Crippen molar-refractivity contribution >= 4 is 19.5 Å². The molecule has 1 heterocycles. The summed E-state index contributed by atoms with van der Waals surface area (Å²) >= 11 is 0. The number of carbonyl (C=O) groups is 2. The lowest BCUT2D eigenvalue weighted by atomic mass is 9.50. The summed E-state index contributed by atoms with van der Waals surface area (Å²) in [5.41, 5.74) is 0.108. The van der Waals surface area contributed by atoms with Crippen LogP contribution in [0.3, 0.4) is 0 Å². The summed E-state index contributed by atoms with van der Waals surface area (Å²) in [5, 5.41) is 8.20. The molecule has 5 heteroatoms. The Morgan fingerprint density at radius 3 is 2.61 bits per heavy atom. The minimum absolute atomic E-state index is 0.0617. The Labute approximate surface area is 107 Å². The van der Waals surface area contributed by atoms with Gasteiger partial charge in [-0.1, -0.05) is 12.2 Å². The molecule has 0 unspecified atom stereocenters. The molecule has 0 fully saturated rings. The fourth-order valence-electron chi connectivity index (χ4n) is 2.97. The van der Waals surface area contributed by atoms with Crippen LogP contribution in [0.25, 0.3) is 0 Å². The highest BCUT2D eigenvalue weighted by molar-refractivity contribution is 6.35. The molecule has 0 saturated heterocycles. The number of nitrogens with zero attached hydrogens (tertiary/aromatic N) is 2. The van der Waals surface area contributed by atoms with Gasteiger partial charge in [0.25, 0.3) is 0 Å². The number of hydrogen-bond acceptors (Lipinski definition) is 3. The Bertz CT molecular complexity index is 554. The van der Waals surface area contributed by atoms with Crippen molar-refractivity contribution in [3.63, 3.8) is 0 Å². The van der Waals surface area contributed by atoms with Crippen LogP contribution in [0, 0.1) is 16.7 Å². The van der Waals surface area contributed by atoms with Crippen molar-refractivity contribution < 1.29 is 9.59 Å². The monoisotopic (exact) mass is 242 g/mol. The first kappa shape index (κ1) is 12.6. The Morgan fingerprint density at radius 1 is 1.44 bits per heavy atom. The lowest BCUT2D eigenvalue weighted by Gasteiger charge is -2.45. The van der Waals surface area contributed by atoms with E-state index in [-0.39, 0.29) is 17.3 Å². The molecule has 18 heavy (non-hydrogen) atoms. The van der Waals surface area contributed by atoms with Gasteiger partial charge in [-0.15, -0.1) is 0 Å². The van der Waals surface area contributed by atoms with E-state index in [1.54, 1.807) is 33.6 Å². The van der Waals surface area contributed by atoms with Crippen molar-refractivity contribution in [2.75, 3.05) is 13.6 Å². The predicted octanol–water partition coefficient (Wildman–Crippen LogP) is 0.235. The first-order valence-electron chi connectivity index (χ1n) is 5.89. The molecule has 1 aliphatic heterocycles. The van der Waals surface area contributed by atoms with E-state index in [0.29, 0.717) is 6.54 Å². The highest BCUT2D eigenvalue weighted by Gasteiger charge is 2.52. The van der Waals surface area contributed by atoms with Crippen LogP contribution >= 0.6 is 0 Å². The van der Waals surface area contributed by atoms with Crippen molar-refractivity contribution in [3.8, 4) is 6.07 Å². The van der Waals surface area contributed by atoms with Crippen molar-refractivity contribution in [3.05, 3.63) is 23.3 Å². The van der Waals surface area contributed by atoms with E-state index in [2.05, 4.69) is 0 Å². The zero-order valence-electron chi connectivity index (χ0n) is 11.1. The average molecular weight is 242 g/mol. The second kappa shape index (κ2) is 3.58. The van der Waals surface area contributed by atoms with E-state index >= 15 is 0 Å². The number of allylic oxidation sites excluding steroid dienone is 1. The summed E-state index contributed by atoms with van der Waals surface area (Å²) in [4.78, 5) is 26.2. The number of likely N-dealkylation sites (N-methyl/N-ethyl adjacent to an activating group) is 1. The van der Waals surface area contributed by atoms with Gasteiger partial charge in [0.2, 0.25) is 5.91 Å². The maximum Gasteiger partial charge on any atom is 0.228 e. The molecule has 0 aromatic heterocycles. The molecule has 1 aliphatic carbocycles. The summed E-state index contributed by atoms with van der Waals surface area (Å²) < 4.78 is 0. The lowest BCUT2D eigenvalue weighted by Crippen LogP contribution is -2.49. The molecule has 0 N–H and O–H groups in total. The maximum atomic E-state index is 12.4. The van der Waals surface area contributed by atoms with Crippen LogP contribution in [-0.4, -0.2) is 38.0 Å². The molecule has 0 aromatic carbocycles. The Morgan fingerprint density at radius 2 is 2.06 bits per heavy atom. The molecule has 1 amide bonds. The van der Waals surface area contributed by atoms with Gasteiger partial charge in [0.15, 0.2) is 5.78 Å². The standard InChI is InChI=1S/C13H15BN2O2/c1-12(2)9-4-5-16(3)11(18)13(9,14)6-8(7-15)10(12)17/h4,6H,5,14H2,1-3H3/t13-/m0/s1. The molecule has 1 atom stereocenters. The number of fused-ring (bicyclic) bond motifs is 1. The molecule has 0 spiro atoms. The van der Waals surface area contributed by atoms with Crippen LogP contribution < -0.4 is 0 Å². The first-order valence-corrected chi connectivity index (χ1v) is 5.89. The molecular formula is C13H15BN2O2. The minimum atomic E-state index is -0.866. The van der Waals surface area contributed by atoms with Gasteiger partial charge in [-0.3, -0.25) is 9.59 Å². The summed E-state index contributed by atoms with van der Waals surface area (Å²) in [5.74, 6) is -0.264. The zero-order valence-corrected chi connectivity index (χ0v) is 11.1. The molecule has 4 nitrogen and oxygen atoms in total. The SMILES string of the molecule is B[C@@]12C=C(C#N)C(=O)C(C)(C)C1=CCN(C)C2=O. The Balaban J connectivity index is 2.73. The van der Waals surface area contributed by atoms with Gasteiger partial charge in [0.1, 0.15) is 13.9 Å².